The van der Waals surface area contributed by atoms with E-state index in [0.717, 1.165) is 21.2 Å². The van der Waals surface area contributed by atoms with Crippen molar-refractivity contribution in [3.05, 3.63) is 112 Å². The molecule has 1 amide bonds. The van der Waals surface area contributed by atoms with E-state index in [9.17, 15) is 4.79 Å². The first kappa shape index (κ1) is 18.2. The lowest BCUT2D eigenvalue weighted by Gasteiger charge is -2.21. The summed E-state index contributed by atoms with van der Waals surface area (Å²) in [7, 11) is 0. The third-order valence-corrected chi connectivity index (χ3v) is 4.56. The number of carbonyl (C=O) groups is 1. The summed E-state index contributed by atoms with van der Waals surface area (Å²) < 4.78 is 1.02. The van der Waals surface area contributed by atoms with Crippen LogP contribution in [0.5, 0.6) is 0 Å². The molecule has 0 unspecified atom stereocenters. The van der Waals surface area contributed by atoms with Gasteiger partial charge < -0.3 is 4.90 Å². The minimum absolute atomic E-state index is 0.000579. The lowest BCUT2D eigenvalue weighted by atomic mass is 10.1. The van der Waals surface area contributed by atoms with Crippen LogP contribution in [0.1, 0.15) is 16.7 Å². The highest BCUT2D eigenvalue weighted by Crippen LogP contribution is 2.14. The van der Waals surface area contributed by atoms with Crippen molar-refractivity contribution in [1.29, 1.82) is 0 Å². The summed E-state index contributed by atoms with van der Waals surface area (Å²) in [5.41, 5.74) is 3.24. The van der Waals surface area contributed by atoms with Gasteiger partial charge in [0.05, 0.1) is 0 Å². The van der Waals surface area contributed by atoms with Gasteiger partial charge in [0, 0.05) is 23.6 Å². The van der Waals surface area contributed by atoms with E-state index in [-0.39, 0.29) is 5.91 Å². The van der Waals surface area contributed by atoms with Crippen molar-refractivity contribution < 1.29 is 4.79 Å². The van der Waals surface area contributed by atoms with Gasteiger partial charge in [0.25, 0.3) is 0 Å². The molecule has 3 rings (SSSR count). The van der Waals surface area contributed by atoms with Crippen molar-refractivity contribution in [2.75, 3.05) is 0 Å². The van der Waals surface area contributed by atoms with E-state index in [1.54, 1.807) is 6.08 Å². The van der Waals surface area contributed by atoms with Crippen LogP contribution in [0.3, 0.4) is 0 Å². The third-order valence-electron chi connectivity index (χ3n) is 4.03. The molecule has 0 aliphatic carbocycles. The van der Waals surface area contributed by atoms with Crippen molar-refractivity contribution in [2.45, 2.75) is 13.1 Å². The highest BCUT2D eigenvalue weighted by molar-refractivity contribution is 9.10. The Morgan fingerprint density at radius 2 is 1.27 bits per heavy atom. The molecule has 130 valence electrons. The highest BCUT2D eigenvalue weighted by atomic mass is 79.9. The molecule has 0 heterocycles. The summed E-state index contributed by atoms with van der Waals surface area (Å²) in [6, 6.07) is 28.0. The molecular weight excluding hydrogens is 386 g/mol. The summed E-state index contributed by atoms with van der Waals surface area (Å²) in [5, 5.41) is 0. The van der Waals surface area contributed by atoms with Crippen LogP contribution in [0, 0.1) is 0 Å². The zero-order chi connectivity index (χ0) is 18.2. The van der Waals surface area contributed by atoms with Gasteiger partial charge >= 0.3 is 0 Å². The van der Waals surface area contributed by atoms with Crippen LogP contribution in [-0.4, -0.2) is 10.8 Å². The number of rotatable bonds is 6. The lowest BCUT2D eigenvalue weighted by molar-refractivity contribution is -0.127. The van der Waals surface area contributed by atoms with Crippen molar-refractivity contribution >= 4 is 27.9 Å². The molecule has 0 aliphatic heterocycles. The largest absolute Gasteiger partial charge is 0.331 e. The summed E-state index contributed by atoms with van der Waals surface area (Å²) in [4.78, 5) is 14.7. The average Bonchev–Trinajstić information content (AvgIpc) is 2.68. The van der Waals surface area contributed by atoms with Gasteiger partial charge in [0.1, 0.15) is 0 Å². The van der Waals surface area contributed by atoms with E-state index in [1.807, 2.05) is 95.9 Å². The number of benzene rings is 3. The predicted octanol–water partition coefficient (Wildman–Crippen LogP) is 5.69. The van der Waals surface area contributed by atoms with Gasteiger partial charge in [-0.15, -0.1) is 0 Å². The topological polar surface area (TPSA) is 20.3 Å². The molecule has 26 heavy (non-hydrogen) atoms. The normalized spacial score (nSPS) is 10.8. The number of halogens is 1. The van der Waals surface area contributed by atoms with E-state index in [2.05, 4.69) is 15.9 Å². The smallest absolute Gasteiger partial charge is 0.247 e. The fraction of sp³-hybridized carbons (Fsp3) is 0.0870. The van der Waals surface area contributed by atoms with E-state index in [1.165, 1.54) is 0 Å². The molecule has 0 saturated carbocycles. The minimum Gasteiger partial charge on any atom is -0.331 e. The Balaban J connectivity index is 1.76. The first-order valence-corrected chi connectivity index (χ1v) is 9.30. The maximum Gasteiger partial charge on any atom is 0.247 e. The van der Waals surface area contributed by atoms with E-state index >= 15 is 0 Å². The Hall–Kier alpha value is -2.65. The maximum atomic E-state index is 12.8. The van der Waals surface area contributed by atoms with Crippen molar-refractivity contribution in [3.63, 3.8) is 0 Å². The van der Waals surface area contributed by atoms with E-state index < -0.39 is 0 Å². The Morgan fingerprint density at radius 1 is 0.769 bits per heavy atom. The lowest BCUT2D eigenvalue weighted by Crippen LogP contribution is -2.28. The van der Waals surface area contributed by atoms with Gasteiger partial charge in [0.15, 0.2) is 0 Å². The van der Waals surface area contributed by atoms with Gasteiger partial charge in [-0.3, -0.25) is 4.79 Å². The fourth-order valence-corrected chi connectivity index (χ4v) is 2.93. The van der Waals surface area contributed by atoms with Gasteiger partial charge in [-0.25, -0.2) is 0 Å². The summed E-state index contributed by atoms with van der Waals surface area (Å²) >= 11 is 3.42. The van der Waals surface area contributed by atoms with Gasteiger partial charge in [-0.1, -0.05) is 88.7 Å². The number of nitrogens with zero attached hydrogens (tertiary/aromatic N) is 1. The molecule has 0 saturated heterocycles. The molecule has 3 aromatic carbocycles. The SMILES string of the molecule is O=C(/C=C/c1ccc(Br)cc1)N(Cc1ccccc1)Cc1ccccc1. The molecule has 3 heteroatoms. The van der Waals surface area contributed by atoms with Gasteiger partial charge in [-0.05, 0) is 34.9 Å². The third kappa shape index (κ3) is 5.43. The van der Waals surface area contributed by atoms with Crippen LogP contribution in [0.2, 0.25) is 0 Å². The Morgan fingerprint density at radius 3 is 1.77 bits per heavy atom. The molecule has 0 N–H and O–H groups in total. The predicted molar refractivity (Wildman–Crippen MR) is 110 cm³/mol. The summed E-state index contributed by atoms with van der Waals surface area (Å²) in [5.74, 6) is 0.000579. The minimum atomic E-state index is 0.000579. The summed E-state index contributed by atoms with van der Waals surface area (Å²) in [6.45, 7) is 1.17. The Kier molecular flexibility index (Phi) is 6.39. The zero-order valence-electron chi connectivity index (χ0n) is 14.4. The Bertz CT molecular complexity index is 816. The standard InChI is InChI=1S/C23H20BrNO/c24-22-14-11-19(12-15-22)13-16-23(26)25(17-20-7-3-1-4-8-20)18-21-9-5-2-6-10-21/h1-16H,17-18H2/b16-13+. The van der Waals surface area contributed by atoms with Crippen LogP contribution in [0.25, 0.3) is 6.08 Å². The van der Waals surface area contributed by atoms with Crippen LogP contribution in [0.15, 0.2) is 95.5 Å². The van der Waals surface area contributed by atoms with Crippen LogP contribution >= 0.6 is 15.9 Å². The number of hydrogen-bond acceptors (Lipinski definition) is 1. The zero-order valence-corrected chi connectivity index (χ0v) is 16.0. The first-order chi connectivity index (χ1) is 12.7. The quantitative estimate of drug-likeness (QED) is 0.482. The molecule has 0 radical (unpaired) electrons. The summed E-state index contributed by atoms with van der Waals surface area (Å²) in [6.07, 6.45) is 3.51. The second-order valence-electron chi connectivity index (χ2n) is 6.05. The van der Waals surface area contributed by atoms with Crippen molar-refractivity contribution in [1.82, 2.24) is 4.90 Å². The highest BCUT2D eigenvalue weighted by Gasteiger charge is 2.12. The first-order valence-electron chi connectivity index (χ1n) is 8.51. The fourth-order valence-electron chi connectivity index (χ4n) is 2.67. The van der Waals surface area contributed by atoms with Crippen molar-refractivity contribution in [3.8, 4) is 0 Å². The second-order valence-corrected chi connectivity index (χ2v) is 6.97. The van der Waals surface area contributed by atoms with E-state index in [4.69, 9.17) is 0 Å². The molecule has 0 aliphatic rings. The molecule has 0 spiro atoms. The Labute approximate surface area is 162 Å². The molecule has 0 fully saturated rings. The molecular formula is C23H20BrNO. The molecule has 0 aromatic heterocycles. The van der Waals surface area contributed by atoms with Crippen LogP contribution < -0.4 is 0 Å². The molecule has 2 nitrogen and oxygen atoms in total. The number of hydrogen-bond donors (Lipinski definition) is 0. The van der Waals surface area contributed by atoms with Crippen LogP contribution in [0.4, 0.5) is 0 Å². The molecule has 0 atom stereocenters. The average molecular weight is 406 g/mol. The molecule has 0 bridgehead atoms. The van der Waals surface area contributed by atoms with E-state index in [0.29, 0.717) is 13.1 Å². The maximum absolute atomic E-state index is 12.8. The molecule has 3 aromatic rings. The number of amides is 1. The van der Waals surface area contributed by atoms with Gasteiger partial charge in [-0.2, -0.15) is 0 Å². The monoisotopic (exact) mass is 405 g/mol. The number of carbonyl (C=O) groups excluding carboxylic acids is 1. The van der Waals surface area contributed by atoms with Crippen molar-refractivity contribution in [2.24, 2.45) is 0 Å². The second kappa shape index (κ2) is 9.16. The van der Waals surface area contributed by atoms with Gasteiger partial charge in [0.2, 0.25) is 5.91 Å². The van der Waals surface area contributed by atoms with Crippen LogP contribution in [-0.2, 0) is 17.9 Å².